The van der Waals surface area contributed by atoms with E-state index in [2.05, 4.69) is 10.3 Å². The zero-order valence-corrected chi connectivity index (χ0v) is 10.5. The van der Waals surface area contributed by atoms with Crippen LogP contribution in [0.2, 0.25) is 5.15 Å². The Bertz CT molecular complexity index is 453. The molecule has 0 spiro atoms. The Morgan fingerprint density at radius 1 is 1.50 bits per heavy atom. The molecule has 0 saturated heterocycles. The van der Waals surface area contributed by atoms with Crippen LogP contribution in [0, 0.1) is 0 Å². The van der Waals surface area contributed by atoms with Crippen LogP contribution in [0.1, 0.15) is 36.0 Å². The van der Waals surface area contributed by atoms with E-state index in [-0.39, 0.29) is 22.9 Å². The first-order valence-electron chi connectivity index (χ1n) is 5.89. The Hall–Kier alpha value is -1.33. The third-order valence-electron chi connectivity index (χ3n) is 3.11. The van der Waals surface area contributed by atoms with E-state index in [1.54, 1.807) is 0 Å². The number of hydrogen-bond donors (Lipinski definition) is 3. The van der Waals surface area contributed by atoms with Gasteiger partial charge in [-0.3, -0.25) is 0 Å². The van der Waals surface area contributed by atoms with Crippen LogP contribution in [0.4, 0.5) is 5.69 Å². The summed E-state index contributed by atoms with van der Waals surface area (Å²) in [6.45, 7) is 0. The highest BCUT2D eigenvalue weighted by Gasteiger charge is 2.22. The van der Waals surface area contributed by atoms with E-state index >= 15 is 0 Å². The number of halogens is 1. The molecule has 6 heteroatoms. The molecule has 1 saturated carbocycles. The molecule has 1 aromatic heterocycles. The van der Waals surface area contributed by atoms with Gasteiger partial charge in [0.15, 0.2) is 0 Å². The van der Waals surface area contributed by atoms with Crippen molar-refractivity contribution in [1.82, 2.24) is 4.98 Å². The summed E-state index contributed by atoms with van der Waals surface area (Å²) in [7, 11) is 0. The molecule has 1 aliphatic carbocycles. The third kappa shape index (κ3) is 3.11. The molecule has 1 aliphatic rings. The van der Waals surface area contributed by atoms with E-state index in [0.29, 0.717) is 12.1 Å². The number of aromatic carboxylic acids is 1. The van der Waals surface area contributed by atoms with Crippen molar-refractivity contribution in [3.8, 4) is 0 Å². The Balaban J connectivity index is 2.16. The topological polar surface area (TPSA) is 82.5 Å². The number of rotatable bonds is 3. The van der Waals surface area contributed by atoms with Crippen molar-refractivity contribution in [1.29, 1.82) is 0 Å². The number of nitrogens with one attached hydrogen (secondary N) is 1. The molecule has 0 unspecified atom stereocenters. The molecule has 2 rings (SSSR count). The van der Waals surface area contributed by atoms with Crippen molar-refractivity contribution in [2.75, 3.05) is 5.32 Å². The molecule has 3 N–H and O–H groups in total. The molecular formula is C12H15ClN2O3. The SMILES string of the molecule is O=C(O)c1cnc(Cl)cc1N[C@H]1CCC[C@H](O)C1. The highest BCUT2D eigenvalue weighted by atomic mass is 35.5. The summed E-state index contributed by atoms with van der Waals surface area (Å²) in [4.78, 5) is 14.8. The minimum Gasteiger partial charge on any atom is -0.478 e. The van der Waals surface area contributed by atoms with Crippen molar-refractivity contribution in [2.45, 2.75) is 37.8 Å². The highest BCUT2D eigenvalue weighted by Crippen LogP contribution is 2.25. The van der Waals surface area contributed by atoms with Crippen molar-refractivity contribution in [3.63, 3.8) is 0 Å². The highest BCUT2D eigenvalue weighted by molar-refractivity contribution is 6.29. The van der Waals surface area contributed by atoms with E-state index in [4.69, 9.17) is 16.7 Å². The summed E-state index contributed by atoms with van der Waals surface area (Å²) in [6.07, 6.45) is 4.20. The van der Waals surface area contributed by atoms with Gasteiger partial charge in [-0.15, -0.1) is 0 Å². The lowest BCUT2D eigenvalue weighted by molar-refractivity contribution is 0.0697. The molecule has 1 fully saturated rings. The largest absolute Gasteiger partial charge is 0.478 e. The second-order valence-electron chi connectivity index (χ2n) is 4.52. The smallest absolute Gasteiger partial charge is 0.339 e. The summed E-state index contributed by atoms with van der Waals surface area (Å²) < 4.78 is 0. The molecule has 0 radical (unpaired) electrons. The quantitative estimate of drug-likeness (QED) is 0.733. The Morgan fingerprint density at radius 2 is 2.28 bits per heavy atom. The van der Waals surface area contributed by atoms with Crippen LogP contribution >= 0.6 is 11.6 Å². The van der Waals surface area contributed by atoms with Crippen LogP contribution in [-0.2, 0) is 0 Å². The first-order chi connectivity index (χ1) is 8.56. The molecule has 0 amide bonds. The van der Waals surface area contributed by atoms with Crippen LogP contribution in [0.25, 0.3) is 0 Å². The minimum absolute atomic E-state index is 0.0744. The maximum Gasteiger partial charge on any atom is 0.339 e. The zero-order chi connectivity index (χ0) is 13.1. The standard InChI is InChI=1S/C12H15ClN2O3/c13-11-5-10(9(6-14-11)12(17)18)15-7-2-1-3-8(16)4-7/h5-8,16H,1-4H2,(H,14,15)(H,17,18)/t7-,8-/m0/s1. The first kappa shape index (κ1) is 13.1. The van der Waals surface area contributed by atoms with Crippen LogP contribution in [0.15, 0.2) is 12.3 Å². The van der Waals surface area contributed by atoms with Crippen LogP contribution < -0.4 is 5.32 Å². The van der Waals surface area contributed by atoms with Gasteiger partial charge in [-0.1, -0.05) is 11.6 Å². The number of aliphatic hydroxyl groups excluding tert-OH is 1. The van der Waals surface area contributed by atoms with E-state index < -0.39 is 5.97 Å². The van der Waals surface area contributed by atoms with Gasteiger partial charge in [0.25, 0.3) is 0 Å². The summed E-state index contributed by atoms with van der Waals surface area (Å²) >= 11 is 5.77. The van der Waals surface area contributed by atoms with Crippen LogP contribution in [0.5, 0.6) is 0 Å². The van der Waals surface area contributed by atoms with Crippen molar-refractivity contribution < 1.29 is 15.0 Å². The second-order valence-corrected chi connectivity index (χ2v) is 4.91. The van der Waals surface area contributed by atoms with E-state index in [0.717, 1.165) is 19.3 Å². The lowest BCUT2D eigenvalue weighted by Crippen LogP contribution is -2.30. The molecule has 0 aliphatic heterocycles. The second kappa shape index (κ2) is 5.54. The van der Waals surface area contributed by atoms with Gasteiger partial charge in [0, 0.05) is 12.2 Å². The summed E-state index contributed by atoms with van der Waals surface area (Å²) in [6, 6.07) is 1.58. The molecule has 1 aromatic rings. The number of carboxylic acid groups (broad SMARTS) is 1. The number of pyridine rings is 1. The molecule has 5 nitrogen and oxygen atoms in total. The minimum atomic E-state index is -1.04. The van der Waals surface area contributed by atoms with Gasteiger partial charge < -0.3 is 15.5 Å². The molecule has 98 valence electrons. The predicted molar refractivity (Wildman–Crippen MR) is 68.1 cm³/mol. The number of carboxylic acids is 1. The lowest BCUT2D eigenvalue weighted by atomic mass is 9.93. The van der Waals surface area contributed by atoms with Gasteiger partial charge >= 0.3 is 5.97 Å². The van der Waals surface area contributed by atoms with Gasteiger partial charge in [-0.2, -0.15) is 0 Å². The number of hydrogen-bond acceptors (Lipinski definition) is 4. The van der Waals surface area contributed by atoms with Gasteiger partial charge in [0.1, 0.15) is 10.7 Å². The Kier molecular flexibility index (Phi) is 4.04. The number of nitrogens with zero attached hydrogens (tertiary/aromatic N) is 1. The molecule has 18 heavy (non-hydrogen) atoms. The average molecular weight is 271 g/mol. The Labute approximate surface area is 110 Å². The fourth-order valence-corrected chi connectivity index (χ4v) is 2.39. The third-order valence-corrected chi connectivity index (χ3v) is 3.31. The number of aromatic nitrogens is 1. The van der Waals surface area contributed by atoms with Gasteiger partial charge in [-0.25, -0.2) is 9.78 Å². The molecule has 0 bridgehead atoms. The van der Waals surface area contributed by atoms with Crippen LogP contribution in [-0.4, -0.2) is 33.3 Å². The lowest BCUT2D eigenvalue weighted by Gasteiger charge is -2.27. The monoisotopic (exact) mass is 270 g/mol. The normalized spacial score (nSPS) is 23.7. The van der Waals surface area contributed by atoms with Gasteiger partial charge in [-0.05, 0) is 31.7 Å². The maximum absolute atomic E-state index is 11.1. The summed E-state index contributed by atoms with van der Waals surface area (Å²) in [5.74, 6) is -1.04. The zero-order valence-electron chi connectivity index (χ0n) is 9.77. The van der Waals surface area contributed by atoms with E-state index in [9.17, 15) is 9.90 Å². The van der Waals surface area contributed by atoms with Crippen molar-refractivity contribution in [2.24, 2.45) is 0 Å². The maximum atomic E-state index is 11.1. The molecular weight excluding hydrogens is 256 g/mol. The number of anilines is 1. The molecule has 0 aromatic carbocycles. The average Bonchev–Trinajstić information content (AvgIpc) is 2.28. The number of carbonyl (C=O) groups is 1. The van der Waals surface area contributed by atoms with E-state index in [1.165, 1.54) is 12.3 Å². The molecule has 2 atom stereocenters. The number of aliphatic hydroxyl groups is 1. The predicted octanol–water partition coefficient (Wildman–Crippen LogP) is 2.15. The van der Waals surface area contributed by atoms with Crippen molar-refractivity contribution in [3.05, 3.63) is 23.0 Å². The van der Waals surface area contributed by atoms with Crippen LogP contribution in [0.3, 0.4) is 0 Å². The van der Waals surface area contributed by atoms with Crippen molar-refractivity contribution >= 4 is 23.3 Å². The summed E-state index contributed by atoms with van der Waals surface area (Å²) in [5, 5.41) is 22.0. The fourth-order valence-electron chi connectivity index (χ4n) is 2.23. The summed E-state index contributed by atoms with van der Waals surface area (Å²) in [5.41, 5.74) is 0.557. The fraction of sp³-hybridized carbons (Fsp3) is 0.500. The van der Waals surface area contributed by atoms with E-state index in [1.807, 2.05) is 0 Å². The van der Waals surface area contributed by atoms with Gasteiger partial charge in [0.2, 0.25) is 0 Å². The molecule has 1 heterocycles. The Morgan fingerprint density at radius 3 is 2.94 bits per heavy atom. The van der Waals surface area contributed by atoms with Gasteiger partial charge in [0.05, 0.1) is 11.8 Å². The first-order valence-corrected chi connectivity index (χ1v) is 6.27.